The molecule has 0 bridgehead atoms. The average Bonchev–Trinajstić information content (AvgIpc) is 3.23. The SMILES string of the molecule is O=C(NCCc1ccccc1)C(=O)NCC1(c2cccs2)CCOCC1. The van der Waals surface area contributed by atoms with Crippen molar-refractivity contribution in [2.75, 3.05) is 26.3 Å². The van der Waals surface area contributed by atoms with Crippen LogP contribution in [0.25, 0.3) is 0 Å². The second-order valence-electron chi connectivity index (χ2n) is 6.54. The maximum Gasteiger partial charge on any atom is 0.309 e. The quantitative estimate of drug-likeness (QED) is 0.765. The molecule has 0 spiro atoms. The Bertz CT molecular complexity index is 710. The topological polar surface area (TPSA) is 67.4 Å². The summed E-state index contributed by atoms with van der Waals surface area (Å²) in [6, 6.07) is 14.0. The maximum atomic E-state index is 12.2. The predicted molar refractivity (Wildman–Crippen MR) is 102 cm³/mol. The first-order valence-corrected chi connectivity index (χ1v) is 9.79. The molecule has 1 aliphatic heterocycles. The number of benzene rings is 1. The van der Waals surface area contributed by atoms with Gasteiger partial charge in [-0.2, -0.15) is 0 Å². The molecule has 6 heteroatoms. The number of rotatable bonds is 6. The van der Waals surface area contributed by atoms with Crippen LogP contribution in [0.4, 0.5) is 0 Å². The summed E-state index contributed by atoms with van der Waals surface area (Å²) >= 11 is 1.69. The number of amides is 2. The Hall–Kier alpha value is -2.18. The molecular weight excluding hydrogens is 348 g/mol. The van der Waals surface area contributed by atoms with E-state index in [0.717, 1.165) is 18.4 Å². The van der Waals surface area contributed by atoms with Crippen LogP contribution >= 0.6 is 11.3 Å². The molecular formula is C20H24N2O3S. The number of hydrogen-bond donors (Lipinski definition) is 2. The molecule has 2 N–H and O–H groups in total. The molecule has 0 unspecified atom stereocenters. The normalized spacial score (nSPS) is 16.0. The zero-order valence-electron chi connectivity index (χ0n) is 14.7. The molecule has 2 heterocycles. The first kappa shape index (κ1) is 18.6. The Morgan fingerprint density at radius 1 is 1.00 bits per heavy atom. The molecule has 1 saturated heterocycles. The summed E-state index contributed by atoms with van der Waals surface area (Å²) in [5.41, 5.74) is 0.999. The maximum absolute atomic E-state index is 12.2. The number of carbonyl (C=O) groups excluding carboxylic acids is 2. The standard InChI is InChI=1S/C20H24N2O3S/c23-18(21-11-8-16-5-2-1-3-6-16)19(24)22-15-20(9-12-25-13-10-20)17-7-4-14-26-17/h1-7,14H,8-13,15H2,(H,21,23)(H,22,24). The van der Waals surface area contributed by atoms with E-state index in [4.69, 9.17) is 4.74 Å². The van der Waals surface area contributed by atoms with Crippen LogP contribution in [-0.4, -0.2) is 38.1 Å². The van der Waals surface area contributed by atoms with E-state index in [2.05, 4.69) is 16.7 Å². The number of carbonyl (C=O) groups is 2. The fourth-order valence-corrected chi connectivity index (χ4v) is 4.22. The van der Waals surface area contributed by atoms with Gasteiger partial charge in [0.05, 0.1) is 0 Å². The molecule has 1 aliphatic rings. The summed E-state index contributed by atoms with van der Waals surface area (Å²) in [5, 5.41) is 7.57. The second kappa shape index (κ2) is 8.96. The summed E-state index contributed by atoms with van der Waals surface area (Å²) in [7, 11) is 0. The highest BCUT2D eigenvalue weighted by Crippen LogP contribution is 2.36. The van der Waals surface area contributed by atoms with Gasteiger partial charge in [-0.3, -0.25) is 9.59 Å². The van der Waals surface area contributed by atoms with Crippen LogP contribution in [0.2, 0.25) is 0 Å². The highest BCUT2D eigenvalue weighted by Gasteiger charge is 2.36. The fraction of sp³-hybridized carbons (Fsp3) is 0.400. The zero-order chi connectivity index (χ0) is 18.2. The summed E-state index contributed by atoms with van der Waals surface area (Å²) in [6.07, 6.45) is 2.41. The molecule has 26 heavy (non-hydrogen) atoms. The Kier molecular flexibility index (Phi) is 6.41. The summed E-state index contributed by atoms with van der Waals surface area (Å²) in [4.78, 5) is 25.5. The third-order valence-electron chi connectivity index (χ3n) is 4.83. The highest BCUT2D eigenvalue weighted by molar-refractivity contribution is 7.10. The van der Waals surface area contributed by atoms with E-state index in [1.807, 2.05) is 41.8 Å². The van der Waals surface area contributed by atoms with Gasteiger partial charge in [0.15, 0.2) is 0 Å². The van der Waals surface area contributed by atoms with E-state index in [-0.39, 0.29) is 5.41 Å². The molecule has 3 rings (SSSR count). The molecule has 2 aromatic rings. The van der Waals surface area contributed by atoms with Crippen molar-refractivity contribution in [1.82, 2.24) is 10.6 Å². The Balaban J connectivity index is 1.49. The minimum atomic E-state index is -0.575. The monoisotopic (exact) mass is 372 g/mol. The molecule has 5 nitrogen and oxygen atoms in total. The third kappa shape index (κ3) is 4.71. The van der Waals surface area contributed by atoms with Crippen LogP contribution in [0, 0.1) is 0 Å². The molecule has 1 fully saturated rings. The van der Waals surface area contributed by atoms with Crippen molar-refractivity contribution in [3.8, 4) is 0 Å². The summed E-state index contributed by atoms with van der Waals surface area (Å²) in [6.45, 7) is 2.26. The van der Waals surface area contributed by atoms with Crippen molar-refractivity contribution in [1.29, 1.82) is 0 Å². The van der Waals surface area contributed by atoms with E-state index < -0.39 is 11.8 Å². The van der Waals surface area contributed by atoms with Crippen LogP contribution in [0.3, 0.4) is 0 Å². The molecule has 1 aromatic carbocycles. The van der Waals surface area contributed by atoms with Gasteiger partial charge in [0, 0.05) is 36.6 Å². The Morgan fingerprint density at radius 3 is 2.42 bits per heavy atom. The number of hydrogen-bond acceptors (Lipinski definition) is 4. The third-order valence-corrected chi connectivity index (χ3v) is 5.95. The van der Waals surface area contributed by atoms with Gasteiger partial charge in [-0.25, -0.2) is 0 Å². The summed E-state index contributed by atoms with van der Waals surface area (Å²) in [5.74, 6) is -1.14. The first-order chi connectivity index (χ1) is 12.7. The Labute approximate surface area is 157 Å². The van der Waals surface area contributed by atoms with E-state index in [1.54, 1.807) is 11.3 Å². The zero-order valence-corrected chi connectivity index (χ0v) is 15.5. The lowest BCUT2D eigenvalue weighted by Gasteiger charge is -2.36. The van der Waals surface area contributed by atoms with Crippen LogP contribution < -0.4 is 10.6 Å². The van der Waals surface area contributed by atoms with Gasteiger partial charge in [-0.1, -0.05) is 36.4 Å². The van der Waals surface area contributed by atoms with Gasteiger partial charge in [0.2, 0.25) is 0 Å². The minimum absolute atomic E-state index is 0.133. The lowest BCUT2D eigenvalue weighted by Crippen LogP contribution is -2.48. The number of thiophene rings is 1. The summed E-state index contributed by atoms with van der Waals surface area (Å²) < 4.78 is 5.48. The van der Waals surface area contributed by atoms with Gasteiger partial charge < -0.3 is 15.4 Å². The Morgan fingerprint density at radius 2 is 1.73 bits per heavy atom. The average molecular weight is 372 g/mol. The van der Waals surface area contributed by atoms with Crippen LogP contribution in [0.15, 0.2) is 47.8 Å². The second-order valence-corrected chi connectivity index (χ2v) is 7.49. The van der Waals surface area contributed by atoms with Crippen molar-refractivity contribution in [2.45, 2.75) is 24.7 Å². The number of nitrogens with one attached hydrogen (secondary N) is 2. The fourth-order valence-electron chi connectivity index (χ4n) is 3.23. The van der Waals surface area contributed by atoms with Crippen LogP contribution in [0.5, 0.6) is 0 Å². The minimum Gasteiger partial charge on any atom is -0.381 e. The molecule has 1 aromatic heterocycles. The molecule has 0 atom stereocenters. The van der Waals surface area contributed by atoms with Crippen LogP contribution in [0.1, 0.15) is 23.3 Å². The van der Waals surface area contributed by atoms with E-state index >= 15 is 0 Å². The largest absolute Gasteiger partial charge is 0.381 e. The van der Waals surface area contributed by atoms with Gasteiger partial charge in [0.1, 0.15) is 0 Å². The van der Waals surface area contributed by atoms with Gasteiger partial charge >= 0.3 is 11.8 Å². The van der Waals surface area contributed by atoms with E-state index in [1.165, 1.54) is 4.88 Å². The van der Waals surface area contributed by atoms with Gasteiger partial charge in [0.25, 0.3) is 0 Å². The van der Waals surface area contributed by atoms with Gasteiger partial charge in [-0.15, -0.1) is 11.3 Å². The molecule has 0 saturated carbocycles. The van der Waals surface area contributed by atoms with Crippen molar-refractivity contribution < 1.29 is 14.3 Å². The van der Waals surface area contributed by atoms with Crippen molar-refractivity contribution in [3.05, 3.63) is 58.3 Å². The van der Waals surface area contributed by atoms with Gasteiger partial charge in [-0.05, 0) is 36.3 Å². The first-order valence-electron chi connectivity index (χ1n) is 8.91. The van der Waals surface area contributed by atoms with Crippen molar-refractivity contribution in [2.24, 2.45) is 0 Å². The molecule has 0 aliphatic carbocycles. The van der Waals surface area contributed by atoms with Crippen molar-refractivity contribution in [3.63, 3.8) is 0 Å². The molecule has 138 valence electrons. The lowest BCUT2D eigenvalue weighted by atomic mass is 9.78. The lowest BCUT2D eigenvalue weighted by molar-refractivity contribution is -0.139. The van der Waals surface area contributed by atoms with E-state index in [0.29, 0.717) is 32.7 Å². The molecule has 0 radical (unpaired) electrons. The van der Waals surface area contributed by atoms with E-state index in [9.17, 15) is 9.59 Å². The smallest absolute Gasteiger partial charge is 0.309 e. The van der Waals surface area contributed by atoms with Crippen molar-refractivity contribution >= 4 is 23.2 Å². The predicted octanol–water partition coefficient (Wildman–Crippen LogP) is 2.27. The van der Waals surface area contributed by atoms with Crippen LogP contribution in [-0.2, 0) is 26.2 Å². The molecule has 2 amide bonds. The highest BCUT2D eigenvalue weighted by atomic mass is 32.1. The number of ether oxygens (including phenoxy) is 1.